The summed E-state index contributed by atoms with van der Waals surface area (Å²) >= 11 is 12.6. The van der Waals surface area contributed by atoms with E-state index in [-0.39, 0.29) is 0 Å². The largest absolute Gasteiger partial charge is 0.121 e. The number of hydrogen-bond acceptors (Lipinski definition) is 1. The van der Waals surface area contributed by atoms with Crippen LogP contribution in [0.1, 0.15) is 37.1 Å². The van der Waals surface area contributed by atoms with Crippen LogP contribution < -0.4 is 0 Å². The highest BCUT2D eigenvalue weighted by atomic mass is 79.9. The quantitative estimate of drug-likeness (QED) is 0.528. The molecule has 0 fully saturated rings. The number of alkyl halides is 1. The minimum absolute atomic E-state index is 0.458. The summed E-state index contributed by atoms with van der Waals surface area (Å²) in [7, 11) is 0. The maximum Gasteiger partial charge on any atom is 0.0753 e. The van der Waals surface area contributed by atoms with Gasteiger partial charge < -0.3 is 0 Å². The van der Waals surface area contributed by atoms with Crippen molar-refractivity contribution in [3.63, 3.8) is 0 Å². The Balaban J connectivity index is 2.77. The molecule has 0 aliphatic rings. The van der Waals surface area contributed by atoms with Crippen molar-refractivity contribution < 1.29 is 0 Å². The molecule has 0 spiro atoms. The molecule has 0 bridgehead atoms. The van der Waals surface area contributed by atoms with E-state index < -0.39 is 0 Å². The van der Waals surface area contributed by atoms with Crippen LogP contribution in [0.5, 0.6) is 0 Å². The van der Waals surface area contributed by atoms with Crippen LogP contribution >= 0.6 is 59.1 Å². The lowest BCUT2D eigenvalue weighted by Gasteiger charge is -2.17. The molecule has 0 amide bonds. The van der Waals surface area contributed by atoms with Crippen LogP contribution in [0.2, 0.25) is 0 Å². The lowest BCUT2D eigenvalue weighted by Crippen LogP contribution is -2.02. The monoisotopic (exact) mass is 402 g/mol. The molecule has 2 atom stereocenters. The molecule has 1 heterocycles. The summed E-state index contributed by atoms with van der Waals surface area (Å²) in [5.41, 5.74) is 1.36. The van der Waals surface area contributed by atoms with Crippen LogP contribution in [0, 0.1) is 5.92 Å². The van der Waals surface area contributed by atoms with Crippen LogP contribution in [-0.4, -0.2) is 0 Å². The fourth-order valence-electron chi connectivity index (χ4n) is 1.45. The topological polar surface area (TPSA) is 0 Å². The van der Waals surface area contributed by atoms with Crippen molar-refractivity contribution in [3.8, 4) is 0 Å². The molecule has 0 N–H and O–H groups in total. The smallest absolute Gasteiger partial charge is 0.0753 e. The number of rotatable bonds is 4. The van der Waals surface area contributed by atoms with E-state index in [1.165, 1.54) is 26.0 Å². The third-order valence-corrected chi connectivity index (χ3v) is 6.01. The van der Waals surface area contributed by atoms with Crippen molar-refractivity contribution in [1.29, 1.82) is 0 Å². The van der Waals surface area contributed by atoms with E-state index in [1.807, 2.05) is 0 Å². The van der Waals surface area contributed by atoms with E-state index in [0.717, 1.165) is 0 Å². The second kappa shape index (κ2) is 6.02. The normalized spacial score (nSPS) is 15.5. The van der Waals surface area contributed by atoms with Crippen LogP contribution in [0.25, 0.3) is 0 Å². The van der Waals surface area contributed by atoms with Gasteiger partial charge in [0.1, 0.15) is 0 Å². The lowest BCUT2D eigenvalue weighted by atomic mass is 9.99. The minimum Gasteiger partial charge on any atom is -0.121 e. The van der Waals surface area contributed by atoms with Gasteiger partial charge in [0, 0.05) is 4.83 Å². The molecule has 0 aliphatic carbocycles. The first-order chi connectivity index (χ1) is 6.56. The average molecular weight is 405 g/mol. The maximum absolute atomic E-state index is 3.77. The fraction of sp³-hybridized carbons (Fsp3) is 0.600. The predicted octanol–water partition coefficient (Wildman–Crippen LogP) is 6.15. The van der Waals surface area contributed by atoms with Crippen molar-refractivity contribution in [2.24, 2.45) is 5.92 Å². The second-order valence-corrected chi connectivity index (χ2v) is 8.18. The molecule has 0 aromatic carbocycles. The van der Waals surface area contributed by atoms with Crippen molar-refractivity contribution in [2.75, 3.05) is 0 Å². The van der Waals surface area contributed by atoms with Crippen molar-refractivity contribution in [2.45, 2.75) is 31.5 Å². The van der Waals surface area contributed by atoms with Crippen LogP contribution in [0.15, 0.2) is 13.6 Å². The van der Waals surface area contributed by atoms with Crippen LogP contribution in [0.3, 0.4) is 0 Å². The lowest BCUT2D eigenvalue weighted by molar-refractivity contribution is 0.518. The average Bonchev–Trinajstić information content (AvgIpc) is 2.44. The Morgan fingerprint density at radius 3 is 2.50 bits per heavy atom. The second-order valence-electron chi connectivity index (χ2n) is 3.45. The van der Waals surface area contributed by atoms with Crippen molar-refractivity contribution in [3.05, 3.63) is 19.2 Å². The van der Waals surface area contributed by atoms with Gasteiger partial charge in [-0.15, -0.1) is 11.3 Å². The maximum atomic E-state index is 3.77. The first kappa shape index (κ1) is 13.2. The molecule has 0 saturated heterocycles. The first-order valence-electron chi connectivity index (χ1n) is 4.65. The van der Waals surface area contributed by atoms with Crippen LogP contribution in [0.4, 0.5) is 0 Å². The molecule has 2 unspecified atom stereocenters. The summed E-state index contributed by atoms with van der Waals surface area (Å²) in [5, 5.41) is 0. The molecular weight excluding hydrogens is 392 g/mol. The predicted molar refractivity (Wildman–Crippen MR) is 75.5 cm³/mol. The molecule has 0 saturated carbocycles. The number of halogens is 3. The Bertz CT molecular complexity index is 296. The zero-order valence-electron chi connectivity index (χ0n) is 8.19. The molecule has 4 heteroatoms. The summed E-state index contributed by atoms with van der Waals surface area (Å²) in [4.78, 5) is 0.458. The third kappa shape index (κ3) is 3.32. The molecule has 0 nitrogen and oxygen atoms in total. The SMILES string of the molecule is CCCC(C)C(Br)c1cc(Br)sc1Br. The number of hydrogen-bond donors (Lipinski definition) is 0. The van der Waals surface area contributed by atoms with Crippen molar-refractivity contribution in [1.82, 2.24) is 0 Å². The van der Waals surface area contributed by atoms with E-state index in [1.54, 1.807) is 11.3 Å². The Hall–Kier alpha value is 1.14. The summed E-state index contributed by atoms with van der Waals surface area (Å²) in [5.74, 6) is 0.679. The zero-order valence-corrected chi connectivity index (χ0v) is 13.8. The van der Waals surface area contributed by atoms with Crippen molar-refractivity contribution >= 4 is 59.1 Å². The third-order valence-electron chi connectivity index (χ3n) is 2.22. The molecule has 1 rings (SSSR count). The standard InChI is InChI=1S/C10H13Br3S/c1-3-4-6(2)9(12)7-5-8(11)14-10(7)13/h5-6,9H,3-4H2,1-2H3. The van der Waals surface area contributed by atoms with E-state index in [4.69, 9.17) is 0 Å². The van der Waals surface area contributed by atoms with Gasteiger partial charge in [0.2, 0.25) is 0 Å². The Labute approximate surface area is 115 Å². The highest BCUT2D eigenvalue weighted by Crippen LogP contribution is 2.42. The molecule has 80 valence electrons. The van der Waals surface area contributed by atoms with Gasteiger partial charge in [-0.1, -0.05) is 36.2 Å². The Kier molecular flexibility index (Phi) is 5.68. The van der Waals surface area contributed by atoms with E-state index >= 15 is 0 Å². The molecule has 1 aromatic rings. The summed E-state index contributed by atoms with van der Waals surface area (Å²) in [6.45, 7) is 4.52. The van der Waals surface area contributed by atoms with E-state index in [9.17, 15) is 0 Å². The minimum atomic E-state index is 0.458. The summed E-state index contributed by atoms with van der Waals surface area (Å²) < 4.78 is 2.42. The molecule has 14 heavy (non-hydrogen) atoms. The molecular formula is C10H13Br3S. The molecule has 0 aliphatic heterocycles. The zero-order chi connectivity index (χ0) is 10.7. The summed E-state index contributed by atoms with van der Waals surface area (Å²) in [6.07, 6.45) is 2.50. The molecule has 0 radical (unpaired) electrons. The van der Waals surface area contributed by atoms with Crippen LogP contribution in [-0.2, 0) is 0 Å². The van der Waals surface area contributed by atoms with E-state index in [2.05, 4.69) is 67.7 Å². The van der Waals surface area contributed by atoms with Gasteiger partial charge in [0.15, 0.2) is 0 Å². The highest BCUT2D eigenvalue weighted by Gasteiger charge is 2.19. The van der Waals surface area contributed by atoms with Gasteiger partial charge >= 0.3 is 0 Å². The van der Waals surface area contributed by atoms with Gasteiger partial charge in [0.25, 0.3) is 0 Å². The number of thiophene rings is 1. The van der Waals surface area contributed by atoms with Gasteiger partial charge in [-0.25, -0.2) is 0 Å². The highest BCUT2D eigenvalue weighted by molar-refractivity contribution is 9.12. The summed E-state index contributed by atoms with van der Waals surface area (Å²) in [6, 6.07) is 2.19. The van der Waals surface area contributed by atoms with Gasteiger partial charge in [0.05, 0.1) is 7.57 Å². The first-order valence-corrected chi connectivity index (χ1v) is 7.96. The Morgan fingerprint density at radius 2 is 2.07 bits per heavy atom. The van der Waals surface area contributed by atoms with Gasteiger partial charge in [-0.05, 0) is 55.8 Å². The fourth-order valence-corrected chi connectivity index (χ4v) is 5.46. The molecule has 1 aromatic heterocycles. The van der Waals surface area contributed by atoms with E-state index in [0.29, 0.717) is 10.7 Å². The Morgan fingerprint density at radius 1 is 1.43 bits per heavy atom. The van der Waals surface area contributed by atoms with Gasteiger partial charge in [-0.3, -0.25) is 0 Å². The van der Waals surface area contributed by atoms with Gasteiger partial charge in [-0.2, -0.15) is 0 Å².